The lowest BCUT2D eigenvalue weighted by Crippen LogP contribution is -2.17. The minimum absolute atomic E-state index is 0.415. The van der Waals surface area contributed by atoms with Crippen LogP contribution >= 0.6 is 28.1 Å². The Morgan fingerprint density at radius 2 is 1.89 bits per heavy atom. The van der Waals surface area contributed by atoms with E-state index in [0.29, 0.717) is 4.99 Å². The highest BCUT2D eigenvalue weighted by molar-refractivity contribution is 9.10. The summed E-state index contributed by atoms with van der Waals surface area (Å²) in [6.07, 6.45) is 0. The summed E-state index contributed by atoms with van der Waals surface area (Å²) in [6, 6.07) is 16.3. The van der Waals surface area contributed by atoms with Crippen LogP contribution in [0.4, 0.5) is 5.69 Å². The van der Waals surface area contributed by atoms with Gasteiger partial charge in [0.2, 0.25) is 0 Å². The molecule has 0 amide bonds. The average molecular weight is 335 g/mol. The standard InChI is InChI=1S/C15H15BrN2S/c1-18(10-11-5-3-2-4-6-11)14-8-7-12(15(17)19)9-13(14)16/h2-9H,10H2,1H3,(H2,17,19). The summed E-state index contributed by atoms with van der Waals surface area (Å²) in [4.78, 5) is 2.60. The molecular formula is C15H15BrN2S. The monoisotopic (exact) mass is 334 g/mol. The van der Waals surface area contributed by atoms with Crippen molar-refractivity contribution >= 4 is 38.8 Å². The second-order valence-electron chi connectivity index (χ2n) is 4.37. The highest BCUT2D eigenvalue weighted by Crippen LogP contribution is 2.27. The normalized spacial score (nSPS) is 10.2. The van der Waals surface area contributed by atoms with Gasteiger partial charge in [0.05, 0.1) is 5.69 Å². The molecule has 0 fully saturated rings. The molecule has 0 aliphatic carbocycles. The molecule has 0 saturated carbocycles. The number of nitrogens with zero attached hydrogens (tertiary/aromatic N) is 1. The zero-order chi connectivity index (χ0) is 13.8. The molecule has 0 saturated heterocycles. The quantitative estimate of drug-likeness (QED) is 0.864. The smallest absolute Gasteiger partial charge is 0.104 e. The van der Waals surface area contributed by atoms with Crippen LogP contribution in [0.5, 0.6) is 0 Å². The van der Waals surface area contributed by atoms with Crippen LogP contribution in [-0.2, 0) is 6.54 Å². The van der Waals surface area contributed by atoms with Crippen LogP contribution in [-0.4, -0.2) is 12.0 Å². The van der Waals surface area contributed by atoms with E-state index in [-0.39, 0.29) is 0 Å². The van der Waals surface area contributed by atoms with Crippen LogP contribution in [0.3, 0.4) is 0 Å². The van der Waals surface area contributed by atoms with Crippen molar-refractivity contribution in [2.45, 2.75) is 6.54 Å². The van der Waals surface area contributed by atoms with E-state index < -0.39 is 0 Å². The van der Waals surface area contributed by atoms with Gasteiger partial charge in [-0.3, -0.25) is 0 Å². The molecule has 2 aromatic carbocycles. The fraction of sp³-hybridized carbons (Fsp3) is 0.133. The van der Waals surface area contributed by atoms with Gasteiger partial charge in [-0.15, -0.1) is 0 Å². The largest absolute Gasteiger partial charge is 0.389 e. The summed E-state index contributed by atoms with van der Waals surface area (Å²) in [5.41, 5.74) is 8.89. The molecule has 2 N–H and O–H groups in total. The van der Waals surface area contributed by atoms with Gasteiger partial charge in [0.15, 0.2) is 0 Å². The van der Waals surface area contributed by atoms with Crippen LogP contribution < -0.4 is 10.6 Å². The molecule has 0 atom stereocenters. The molecule has 0 spiro atoms. The molecule has 0 aliphatic rings. The van der Waals surface area contributed by atoms with Gasteiger partial charge in [-0.25, -0.2) is 0 Å². The van der Waals surface area contributed by atoms with E-state index in [0.717, 1.165) is 22.3 Å². The van der Waals surface area contributed by atoms with Crippen LogP contribution in [0.1, 0.15) is 11.1 Å². The van der Waals surface area contributed by atoms with Crippen molar-refractivity contribution in [3.05, 3.63) is 64.1 Å². The van der Waals surface area contributed by atoms with Crippen LogP contribution in [0.25, 0.3) is 0 Å². The van der Waals surface area contributed by atoms with E-state index in [1.807, 2.05) is 36.4 Å². The predicted molar refractivity (Wildman–Crippen MR) is 88.6 cm³/mol. The highest BCUT2D eigenvalue weighted by Gasteiger charge is 2.08. The first-order chi connectivity index (χ1) is 9.08. The first-order valence-electron chi connectivity index (χ1n) is 5.92. The lowest BCUT2D eigenvalue weighted by molar-refractivity contribution is 0.920. The Balaban J connectivity index is 2.20. The minimum Gasteiger partial charge on any atom is -0.389 e. The van der Waals surface area contributed by atoms with Gasteiger partial charge in [0.1, 0.15) is 4.99 Å². The maximum Gasteiger partial charge on any atom is 0.104 e. The second-order valence-corrected chi connectivity index (χ2v) is 5.67. The number of hydrogen-bond donors (Lipinski definition) is 1. The third kappa shape index (κ3) is 3.55. The van der Waals surface area contributed by atoms with Gasteiger partial charge < -0.3 is 10.6 Å². The third-order valence-electron chi connectivity index (χ3n) is 2.91. The molecule has 98 valence electrons. The topological polar surface area (TPSA) is 29.3 Å². The predicted octanol–water partition coefficient (Wildman–Crippen LogP) is 3.72. The fourth-order valence-corrected chi connectivity index (χ4v) is 2.72. The molecule has 0 aliphatic heterocycles. The number of nitrogens with two attached hydrogens (primary N) is 1. The van der Waals surface area contributed by atoms with E-state index in [4.69, 9.17) is 18.0 Å². The van der Waals surface area contributed by atoms with E-state index >= 15 is 0 Å². The van der Waals surface area contributed by atoms with Crippen molar-refractivity contribution in [3.8, 4) is 0 Å². The summed E-state index contributed by atoms with van der Waals surface area (Å²) in [7, 11) is 2.06. The number of thiocarbonyl (C=S) groups is 1. The summed E-state index contributed by atoms with van der Waals surface area (Å²) in [5, 5.41) is 0. The van der Waals surface area contributed by atoms with E-state index in [1.54, 1.807) is 0 Å². The lowest BCUT2D eigenvalue weighted by atomic mass is 10.1. The number of benzene rings is 2. The van der Waals surface area contributed by atoms with Crippen molar-refractivity contribution < 1.29 is 0 Å². The Bertz CT molecular complexity index is 584. The molecule has 2 aromatic rings. The van der Waals surface area contributed by atoms with Crippen molar-refractivity contribution in [3.63, 3.8) is 0 Å². The van der Waals surface area contributed by atoms with E-state index in [9.17, 15) is 0 Å². The van der Waals surface area contributed by atoms with Crippen LogP contribution in [0.2, 0.25) is 0 Å². The Labute approximate surface area is 127 Å². The molecule has 2 rings (SSSR count). The van der Waals surface area contributed by atoms with E-state index in [1.165, 1.54) is 5.56 Å². The zero-order valence-electron chi connectivity index (χ0n) is 10.6. The molecule has 0 aromatic heterocycles. The Morgan fingerprint density at radius 1 is 1.21 bits per heavy atom. The fourth-order valence-electron chi connectivity index (χ4n) is 1.91. The van der Waals surface area contributed by atoms with Gasteiger partial charge in [0, 0.05) is 23.6 Å². The summed E-state index contributed by atoms with van der Waals surface area (Å²) >= 11 is 8.55. The number of hydrogen-bond acceptors (Lipinski definition) is 2. The van der Waals surface area contributed by atoms with Crippen molar-refractivity contribution in [2.75, 3.05) is 11.9 Å². The minimum atomic E-state index is 0.415. The Kier molecular flexibility index (Phi) is 4.56. The summed E-state index contributed by atoms with van der Waals surface area (Å²) in [5.74, 6) is 0. The number of rotatable bonds is 4. The lowest BCUT2D eigenvalue weighted by Gasteiger charge is -2.21. The van der Waals surface area contributed by atoms with Crippen molar-refractivity contribution in [2.24, 2.45) is 5.73 Å². The molecule has 2 nitrogen and oxygen atoms in total. The second kappa shape index (κ2) is 6.17. The Morgan fingerprint density at radius 3 is 2.47 bits per heavy atom. The molecule has 0 unspecified atom stereocenters. The first kappa shape index (κ1) is 14.0. The molecule has 0 heterocycles. The molecule has 19 heavy (non-hydrogen) atoms. The van der Waals surface area contributed by atoms with Gasteiger partial charge in [0.25, 0.3) is 0 Å². The molecule has 0 bridgehead atoms. The highest BCUT2D eigenvalue weighted by atomic mass is 79.9. The van der Waals surface area contributed by atoms with Crippen molar-refractivity contribution in [1.29, 1.82) is 0 Å². The molecule has 4 heteroatoms. The Hall–Kier alpha value is -1.39. The first-order valence-corrected chi connectivity index (χ1v) is 7.12. The van der Waals surface area contributed by atoms with Gasteiger partial charge >= 0.3 is 0 Å². The maximum atomic E-state index is 5.63. The third-order valence-corrected chi connectivity index (χ3v) is 3.78. The van der Waals surface area contributed by atoms with Gasteiger partial charge in [-0.05, 0) is 39.7 Å². The van der Waals surface area contributed by atoms with E-state index in [2.05, 4.69) is 40.0 Å². The maximum absolute atomic E-state index is 5.63. The molecule has 0 radical (unpaired) electrons. The van der Waals surface area contributed by atoms with Gasteiger partial charge in [-0.2, -0.15) is 0 Å². The van der Waals surface area contributed by atoms with Gasteiger partial charge in [-0.1, -0.05) is 42.5 Å². The summed E-state index contributed by atoms with van der Waals surface area (Å²) < 4.78 is 0.997. The van der Waals surface area contributed by atoms with Crippen LogP contribution in [0, 0.1) is 0 Å². The SMILES string of the molecule is CN(Cc1ccccc1)c1ccc(C(N)=S)cc1Br. The summed E-state index contributed by atoms with van der Waals surface area (Å²) in [6.45, 7) is 0.853. The number of anilines is 1. The number of halogens is 1. The van der Waals surface area contributed by atoms with Crippen LogP contribution in [0.15, 0.2) is 53.0 Å². The zero-order valence-corrected chi connectivity index (χ0v) is 13.0. The molecular weight excluding hydrogens is 320 g/mol. The van der Waals surface area contributed by atoms with Crippen molar-refractivity contribution in [1.82, 2.24) is 0 Å². The average Bonchev–Trinajstić information content (AvgIpc) is 2.39.